The summed E-state index contributed by atoms with van der Waals surface area (Å²) in [4.78, 5) is 0.0938. The number of hydrogen-bond acceptors (Lipinski definition) is 4. The number of nitrogens with zero attached hydrogens (tertiary/aromatic N) is 3. The molecule has 0 saturated heterocycles. The molecule has 132 valence electrons. The van der Waals surface area contributed by atoms with Crippen molar-refractivity contribution in [2.24, 2.45) is 5.92 Å². The van der Waals surface area contributed by atoms with Gasteiger partial charge in [0.15, 0.2) is 0 Å². The molecule has 1 aliphatic carbocycles. The highest BCUT2D eigenvalue weighted by atomic mass is 32.2. The molecule has 0 bridgehead atoms. The Labute approximate surface area is 148 Å². The van der Waals surface area contributed by atoms with Gasteiger partial charge in [-0.1, -0.05) is 50.1 Å². The third kappa shape index (κ3) is 4.09. The van der Waals surface area contributed by atoms with E-state index in [0.29, 0.717) is 25.3 Å². The van der Waals surface area contributed by atoms with Crippen molar-refractivity contribution in [2.75, 3.05) is 0 Å². The lowest BCUT2D eigenvalue weighted by atomic mass is 9.78. The van der Waals surface area contributed by atoms with Crippen molar-refractivity contribution in [3.05, 3.63) is 48.3 Å². The van der Waals surface area contributed by atoms with Crippen molar-refractivity contribution >= 4 is 10.0 Å². The minimum absolute atomic E-state index is 0.0938. The van der Waals surface area contributed by atoms with E-state index in [9.17, 15) is 13.7 Å². The summed E-state index contributed by atoms with van der Waals surface area (Å²) in [6.45, 7) is 2.55. The summed E-state index contributed by atoms with van der Waals surface area (Å²) in [7, 11) is -3.78. The van der Waals surface area contributed by atoms with E-state index in [0.717, 1.165) is 18.4 Å². The van der Waals surface area contributed by atoms with E-state index in [1.807, 2.05) is 30.3 Å². The van der Waals surface area contributed by atoms with Crippen molar-refractivity contribution in [1.29, 1.82) is 5.26 Å². The number of nitriles is 1. The molecule has 2 atom stereocenters. The summed E-state index contributed by atoms with van der Waals surface area (Å²) in [5, 5.41) is 13.7. The van der Waals surface area contributed by atoms with Crippen LogP contribution in [-0.2, 0) is 16.6 Å². The zero-order chi connectivity index (χ0) is 17.9. The first-order chi connectivity index (χ1) is 11.9. The first-order valence-corrected chi connectivity index (χ1v) is 9.92. The summed E-state index contributed by atoms with van der Waals surface area (Å²) in [5.74, 6) is 0.330. The molecule has 1 fully saturated rings. The number of sulfonamides is 1. The molecule has 1 heterocycles. The lowest BCUT2D eigenvalue weighted by Crippen LogP contribution is -2.49. The Morgan fingerprint density at radius 1 is 1.40 bits per heavy atom. The maximum Gasteiger partial charge on any atom is 0.245 e. The van der Waals surface area contributed by atoms with Gasteiger partial charge in [-0.3, -0.25) is 4.68 Å². The summed E-state index contributed by atoms with van der Waals surface area (Å²) >= 11 is 0. The molecule has 2 aromatic rings. The summed E-state index contributed by atoms with van der Waals surface area (Å²) < 4.78 is 29.7. The van der Waals surface area contributed by atoms with Crippen LogP contribution in [0.2, 0.25) is 0 Å². The maximum atomic E-state index is 12.7. The fraction of sp³-hybridized carbons (Fsp3) is 0.444. The van der Waals surface area contributed by atoms with Crippen molar-refractivity contribution in [2.45, 2.75) is 49.6 Å². The lowest BCUT2D eigenvalue weighted by Gasteiger charge is -2.34. The smallest absolute Gasteiger partial charge is 0.245 e. The van der Waals surface area contributed by atoms with Gasteiger partial charge in [-0.25, -0.2) is 8.42 Å². The van der Waals surface area contributed by atoms with Crippen LogP contribution >= 0.6 is 0 Å². The molecular formula is C18H22N4O2S. The van der Waals surface area contributed by atoms with Crippen molar-refractivity contribution in [1.82, 2.24) is 14.5 Å². The molecule has 0 amide bonds. The normalized spacial score (nSPS) is 23.9. The first-order valence-electron chi connectivity index (χ1n) is 8.44. The fourth-order valence-electron chi connectivity index (χ4n) is 3.42. The zero-order valence-corrected chi connectivity index (χ0v) is 15.0. The van der Waals surface area contributed by atoms with Crippen LogP contribution in [-0.4, -0.2) is 23.7 Å². The number of hydrogen-bond donors (Lipinski definition) is 1. The molecule has 0 unspecified atom stereocenters. The van der Waals surface area contributed by atoms with Gasteiger partial charge in [-0.2, -0.15) is 15.1 Å². The molecular weight excluding hydrogens is 336 g/mol. The third-order valence-electron chi connectivity index (χ3n) is 4.65. The van der Waals surface area contributed by atoms with Crippen LogP contribution < -0.4 is 4.72 Å². The molecule has 1 N–H and O–H groups in total. The summed E-state index contributed by atoms with van der Waals surface area (Å²) in [5.41, 5.74) is 0.0231. The third-order valence-corrected chi connectivity index (χ3v) is 6.14. The van der Waals surface area contributed by atoms with E-state index in [4.69, 9.17) is 0 Å². The average Bonchev–Trinajstić information content (AvgIpc) is 3.05. The number of aromatic nitrogens is 2. The van der Waals surface area contributed by atoms with E-state index >= 15 is 0 Å². The summed E-state index contributed by atoms with van der Waals surface area (Å²) in [6.07, 6.45) is 5.81. The van der Waals surface area contributed by atoms with Crippen molar-refractivity contribution in [3.63, 3.8) is 0 Å². The Balaban J connectivity index is 1.77. The van der Waals surface area contributed by atoms with Crippen LogP contribution in [0.25, 0.3) is 0 Å². The molecule has 0 aliphatic heterocycles. The average molecular weight is 358 g/mol. The number of nitrogens with one attached hydrogen (secondary N) is 1. The second-order valence-corrected chi connectivity index (χ2v) is 8.54. The molecule has 6 nitrogen and oxygen atoms in total. The monoisotopic (exact) mass is 358 g/mol. The lowest BCUT2D eigenvalue weighted by molar-refractivity contribution is 0.270. The minimum Gasteiger partial charge on any atom is -0.267 e. The predicted octanol–water partition coefficient (Wildman–Crippen LogP) is 2.68. The van der Waals surface area contributed by atoms with Crippen LogP contribution in [0.3, 0.4) is 0 Å². The van der Waals surface area contributed by atoms with Gasteiger partial charge in [0.2, 0.25) is 10.0 Å². The van der Waals surface area contributed by atoms with Crippen LogP contribution in [0.15, 0.2) is 47.6 Å². The molecule has 1 aliphatic rings. The largest absolute Gasteiger partial charge is 0.267 e. The quantitative estimate of drug-likeness (QED) is 0.890. The van der Waals surface area contributed by atoms with Gasteiger partial charge < -0.3 is 0 Å². The molecule has 1 saturated carbocycles. The van der Waals surface area contributed by atoms with Gasteiger partial charge in [0, 0.05) is 6.20 Å². The van der Waals surface area contributed by atoms with E-state index in [1.165, 1.54) is 12.4 Å². The second-order valence-electron chi connectivity index (χ2n) is 6.86. The topological polar surface area (TPSA) is 87.8 Å². The zero-order valence-electron chi connectivity index (χ0n) is 14.2. The Hall–Kier alpha value is -2.17. The molecule has 0 radical (unpaired) electrons. The Bertz CT molecular complexity index is 870. The first kappa shape index (κ1) is 17.6. The van der Waals surface area contributed by atoms with Crippen LogP contribution in [0.4, 0.5) is 0 Å². The molecule has 1 aromatic heterocycles. The van der Waals surface area contributed by atoms with E-state index in [-0.39, 0.29) is 4.90 Å². The summed E-state index contributed by atoms with van der Waals surface area (Å²) in [6, 6.07) is 11.9. The van der Waals surface area contributed by atoms with Crippen molar-refractivity contribution in [3.8, 4) is 6.07 Å². The Morgan fingerprint density at radius 3 is 2.84 bits per heavy atom. The van der Waals surface area contributed by atoms with Gasteiger partial charge in [0.05, 0.1) is 18.8 Å². The van der Waals surface area contributed by atoms with E-state index in [1.54, 1.807) is 4.68 Å². The van der Waals surface area contributed by atoms with Crippen LogP contribution in [0, 0.1) is 17.2 Å². The number of benzene rings is 1. The van der Waals surface area contributed by atoms with Gasteiger partial charge in [-0.05, 0) is 24.3 Å². The van der Waals surface area contributed by atoms with Gasteiger partial charge in [0.25, 0.3) is 0 Å². The SMILES string of the molecule is C[C@@H]1CCC[C@@](C#N)(NS(=O)(=O)c2cnn(Cc3ccccc3)c2)C1. The van der Waals surface area contributed by atoms with Gasteiger partial charge >= 0.3 is 0 Å². The Morgan fingerprint density at radius 2 is 2.16 bits per heavy atom. The highest BCUT2D eigenvalue weighted by Crippen LogP contribution is 2.33. The molecule has 1 aromatic carbocycles. The van der Waals surface area contributed by atoms with Crippen LogP contribution in [0.5, 0.6) is 0 Å². The van der Waals surface area contributed by atoms with E-state index in [2.05, 4.69) is 22.8 Å². The van der Waals surface area contributed by atoms with Gasteiger partial charge in [-0.15, -0.1) is 0 Å². The molecule has 3 rings (SSSR count). The Kier molecular flexibility index (Phi) is 4.93. The fourth-order valence-corrected chi connectivity index (χ4v) is 4.73. The molecule has 25 heavy (non-hydrogen) atoms. The molecule has 7 heteroatoms. The van der Waals surface area contributed by atoms with E-state index < -0.39 is 15.6 Å². The highest BCUT2D eigenvalue weighted by Gasteiger charge is 2.39. The maximum absolute atomic E-state index is 12.7. The highest BCUT2D eigenvalue weighted by molar-refractivity contribution is 7.89. The van der Waals surface area contributed by atoms with Crippen molar-refractivity contribution < 1.29 is 8.42 Å². The minimum atomic E-state index is -3.78. The standard InChI is InChI=1S/C18H22N4O2S/c1-15-6-5-9-18(10-15,14-19)21-25(23,24)17-11-20-22(13-17)12-16-7-3-2-4-8-16/h2-4,7-8,11,13,15,21H,5-6,9-10,12H2,1H3/t15-,18-/m1/s1. The second kappa shape index (κ2) is 6.98. The number of rotatable bonds is 5. The van der Waals surface area contributed by atoms with Crippen LogP contribution in [0.1, 0.15) is 38.2 Å². The predicted molar refractivity (Wildman–Crippen MR) is 94.1 cm³/mol. The molecule has 0 spiro atoms. The van der Waals surface area contributed by atoms with Gasteiger partial charge in [0.1, 0.15) is 10.4 Å².